The van der Waals surface area contributed by atoms with Crippen LogP contribution >= 0.6 is 11.3 Å². The number of rotatable bonds is 6. The van der Waals surface area contributed by atoms with Gasteiger partial charge in [-0.1, -0.05) is 34.1 Å². The third kappa shape index (κ3) is 3.53. The molecule has 4 heteroatoms. The summed E-state index contributed by atoms with van der Waals surface area (Å²) < 4.78 is 0. The van der Waals surface area contributed by atoms with Gasteiger partial charge in [0.1, 0.15) is 0 Å². The number of thiazole rings is 1. The zero-order chi connectivity index (χ0) is 14.6. The first-order chi connectivity index (χ1) is 9.61. The number of hydrogen-bond acceptors (Lipinski definition) is 4. The van der Waals surface area contributed by atoms with Gasteiger partial charge in [-0.3, -0.25) is 0 Å². The van der Waals surface area contributed by atoms with Crippen molar-refractivity contribution in [1.29, 1.82) is 0 Å². The van der Waals surface area contributed by atoms with Crippen molar-refractivity contribution in [3.8, 4) is 0 Å². The lowest BCUT2D eigenvalue weighted by Crippen LogP contribution is -2.38. The second kappa shape index (κ2) is 6.90. The monoisotopic (exact) mass is 295 g/mol. The van der Waals surface area contributed by atoms with Gasteiger partial charge in [-0.05, 0) is 31.2 Å². The lowest BCUT2D eigenvalue weighted by atomic mass is 9.78. The van der Waals surface area contributed by atoms with Crippen LogP contribution in [0.1, 0.15) is 57.5 Å². The van der Waals surface area contributed by atoms with E-state index in [1.54, 1.807) is 0 Å². The molecular weight excluding hydrogens is 266 g/mol. The van der Waals surface area contributed by atoms with Crippen LogP contribution in [0.2, 0.25) is 0 Å². The van der Waals surface area contributed by atoms with Gasteiger partial charge in [-0.25, -0.2) is 4.98 Å². The van der Waals surface area contributed by atoms with Gasteiger partial charge >= 0.3 is 0 Å². The molecule has 0 bridgehead atoms. The predicted molar refractivity (Wildman–Crippen MR) is 88.7 cm³/mol. The van der Waals surface area contributed by atoms with Crippen LogP contribution in [-0.2, 0) is 13.0 Å². The second-order valence-corrected chi connectivity index (χ2v) is 7.21. The second-order valence-electron chi connectivity index (χ2n) is 6.15. The lowest BCUT2D eigenvalue weighted by Gasteiger charge is -2.38. The summed E-state index contributed by atoms with van der Waals surface area (Å²) in [6, 6.07) is 0. The summed E-state index contributed by atoms with van der Waals surface area (Å²) in [4.78, 5) is 8.80. The lowest BCUT2D eigenvalue weighted by molar-refractivity contribution is 0.238. The van der Waals surface area contributed by atoms with Crippen molar-refractivity contribution >= 4 is 16.5 Å². The smallest absolute Gasteiger partial charge is 0.185 e. The molecule has 1 saturated heterocycles. The van der Waals surface area contributed by atoms with Crippen molar-refractivity contribution in [2.75, 3.05) is 24.5 Å². The Morgan fingerprint density at radius 1 is 1.25 bits per heavy atom. The topological polar surface area (TPSA) is 28.2 Å². The van der Waals surface area contributed by atoms with E-state index in [1.807, 2.05) is 11.3 Å². The number of piperidine rings is 1. The summed E-state index contributed by atoms with van der Waals surface area (Å²) in [6.45, 7) is 13.4. The molecule has 2 heterocycles. The molecule has 1 N–H and O–H groups in total. The number of aromatic nitrogens is 1. The van der Waals surface area contributed by atoms with Gasteiger partial charge in [0, 0.05) is 24.5 Å². The Balaban J connectivity index is 2.04. The Kier molecular flexibility index (Phi) is 5.44. The Bertz CT molecular complexity index is 419. The van der Waals surface area contributed by atoms with Crippen molar-refractivity contribution in [2.24, 2.45) is 5.41 Å². The zero-order valence-electron chi connectivity index (χ0n) is 13.5. The molecule has 2 rings (SSSR count). The van der Waals surface area contributed by atoms with Crippen LogP contribution in [0.15, 0.2) is 0 Å². The first kappa shape index (κ1) is 15.8. The molecule has 0 amide bonds. The number of anilines is 1. The first-order valence-electron chi connectivity index (χ1n) is 8.06. The quantitative estimate of drug-likeness (QED) is 0.864. The van der Waals surface area contributed by atoms with Gasteiger partial charge < -0.3 is 10.2 Å². The van der Waals surface area contributed by atoms with E-state index >= 15 is 0 Å². The highest BCUT2D eigenvalue weighted by molar-refractivity contribution is 7.15. The molecule has 0 unspecified atom stereocenters. The fourth-order valence-electron chi connectivity index (χ4n) is 2.75. The van der Waals surface area contributed by atoms with Crippen molar-refractivity contribution in [1.82, 2.24) is 10.3 Å². The highest BCUT2D eigenvalue weighted by atomic mass is 32.1. The number of aryl methyl sites for hydroxylation is 1. The molecule has 1 aromatic rings. The van der Waals surface area contributed by atoms with Crippen LogP contribution in [0.5, 0.6) is 0 Å². The van der Waals surface area contributed by atoms with Crippen LogP contribution < -0.4 is 10.2 Å². The third-order valence-corrected chi connectivity index (χ3v) is 5.89. The van der Waals surface area contributed by atoms with Crippen molar-refractivity contribution in [2.45, 2.75) is 59.9 Å². The van der Waals surface area contributed by atoms with Crippen LogP contribution in [0.4, 0.5) is 5.13 Å². The van der Waals surface area contributed by atoms with Crippen molar-refractivity contribution in [3.63, 3.8) is 0 Å². The molecule has 1 aliphatic heterocycles. The normalized spacial score (nSPS) is 18.5. The van der Waals surface area contributed by atoms with Gasteiger partial charge in [0.15, 0.2) is 5.13 Å². The summed E-state index contributed by atoms with van der Waals surface area (Å²) >= 11 is 1.89. The predicted octanol–water partition coefficient (Wildman–Crippen LogP) is 3.83. The minimum atomic E-state index is 0.550. The van der Waals surface area contributed by atoms with Gasteiger partial charge in [-0.15, -0.1) is 11.3 Å². The molecule has 3 nitrogen and oxygen atoms in total. The van der Waals surface area contributed by atoms with E-state index in [2.05, 4.69) is 37.9 Å². The SMILES string of the molecule is CCNCc1sc(N2CCC(C)(CC)CC2)nc1CC. The van der Waals surface area contributed by atoms with Crippen molar-refractivity contribution < 1.29 is 0 Å². The van der Waals surface area contributed by atoms with E-state index in [-0.39, 0.29) is 0 Å². The molecule has 1 aromatic heterocycles. The summed E-state index contributed by atoms with van der Waals surface area (Å²) in [5, 5.41) is 4.67. The Morgan fingerprint density at radius 2 is 1.95 bits per heavy atom. The van der Waals surface area contributed by atoms with E-state index in [1.165, 1.54) is 48.1 Å². The minimum absolute atomic E-state index is 0.550. The highest BCUT2D eigenvalue weighted by Crippen LogP contribution is 2.37. The molecule has 20 heavy (non-hydrogen) atoms. The van der Waals surface area contributed by atoms with E-state index in [4.69, 9.17) is 4.98 Å². The first-order valence-corrected chi connectivity index (χ1v) is 8.87. The Labute approximate surface area is 127 Å². The average molecular weight is 295 g/mol. The van der Waals surface area contributed by atoms with E-state index in [9.17, 15) is 0 Å². The van der Waals surface area contributed by atoms with Gasteiger partial charge in [0.05, 0.1) is 5.69 Å². The van der Waals surface area contributed by atoms with E-state index in [0.29, 0.717) is 5.41 Å². The van der Waals surface area contributed by atoms with Crippen LogP contribution in [0.3, 0.4) is 0 Å². The maximum Gasteiger partial charge on any atom is 0.185 e. The van der Waals surface area contributed by atoms with E-state index in [0.717, 1.165) is 19.5 Å². The Morgan fingerprint density at radius 3 is 2.50 bits per heavy atom. The molecule has 0 aromatic carbocycles. The van der Waals surface area contributed by atoms with Gasteiger partial charge in [0.25, 0.3) is 0 Å². The maximum atomic E-state index is 4.88. The molecule has 0 atom stereocenters. The summed E-state index contributed by atoms with van der Waals surface area (Å²) in [7, 11) is 0. The largest absolute Gasteiger partial charge is 0.348 e. The zero-order valence-corrected chi connectivity index (χ0v) is 14.3. The van der Waals surface area contributed by atoms with Gasteiger partial charge in [-0.2, -0.15) is 0 Å². The molecule has 0 aliphatic carbocycles. The number of hydrogen-bond donors (Lipinski definition) is 1. The van der Waals surface area contributed by atoms with Crippen LogP contribution in [0.25, 0.3) is 0 Å². The summed E-state index contributed by atoms with van der Waals surface area (Å²) in [6.07, 6.45) is 4.93. The van der Waals surface area contributed by atoms with Gasteiger partial charge in [0.2, 0.25) is 0 Å². The maximum absolute atomic E-state index is 4.88. The molecule has 1 fully saturated rings. The number of nitrogens with zero attached hydrogens (tertiary/aromatic N) is 2. The van der Waals surface area contributed by atoms with E-state index < -0.39 is 0 Å². The average Bonchev–Trinajstić information content (AvgIpc) is 2.89. The highest BCUT2D eigenvalue weighted by Gasteiger charge is 2.29. The molecular formula is C16H29N3S. The standard InChI is InChI=1S/C16H29N3S/c1-5-13-14(12-17-7-3)20-15(18-13)19-10-8-16(4,6-2)9-11-19/h17H,5-12H2,1-4H3. The number of nitrogens with one attached hydrogen (secondary N) is 1. The molecule has 114 valence electrons. The summed E-state index contributed by atoms with van der Waals surface area (Å²) in [5.74, 6) is 0. The molecule has 0 saturated carbocycles. The van der Waals surface area contributed by atoms with Crippen LogP contribution in [-0.4, -0.2) is 24.6 Å². The molecule has 1 aliphatic rings. The third-order valence-electron chi connectivity index (χ3n) is 4.73. The fraction of sp³-hybridized carbons (Fsp3) is 0.812. The Hall–Kier alpha value is -0.610. The molecule has 0 radical (unpaired) electrons. The fourth-order valence-corrected chi connectivity index (χ4v) is 3.92. The minimum Gasteiger partial charge on any atom is -0.348 e. The summed E-state index contributed by atoms with van der Waals surface area (Å²) in [5.41, 5.74) is 1.84. The van der Waals surface area contributed by atoms with Crippen molar-refractivity contribution in [3.05, 3.63) is 10.6 Å². The van der Waals surface area contributed by atoms with Crippen LogP contribution in [0, 0.1) is 5.41 Å². The molecule has 0 spiro atoms.